The Labute approximate surface area is 155 Å². The van der Waals surface area contributed by atoms with E-state index in [4.69, 9.17) is 16.0 Å². The fourth-order valence-corrected chi connectivity index (χ4v) is 2.82. The largest absolute Gasteiger partial charge is 0.466 e. The zero-order valence-corrected chi connectivity index (χ0v) is 16.0. The lowest BCUT2D eigenvalue weighted by atomic mass is 10.0. The lowest BCUT2D eigenvalue weighted by Gasteiger charge is -2.22. The topological polar surface area (TPSA) is 69.8 Å². The Balaban J connectivity index is 2.03. The molecule has 0 aliphatic heterocycles. The number of nitrogens with zero attached hydrogens (tertiary/aromatic N) is 1. The fraction of sp³-hybridized carbons (Fsp3) is 0.353. The van der Waals surface area contributed by atoms with Gasteiger partial charge in [0.1, 0.15) is 11.4 Å². The fourth-order valence-electron chi connectivity index (χ4n) is 2.08. The molecule has 0 saturated carbocycles. The first-order valence-electron chi connectivity index (χ1n) is 7.65. The quantitative estimate of drug-likeness (QED) is 0.498. The zero-order chi connectivity index (χ0) is 17.6. The van der Waals surface area contributed by atoms with Crippen molar-refractivity contribution in [2.75, 3.05) is 13.1 Å². The van der Waals surface area contributed by atoms with E-state index in [0.29, 0.717) is 29.8 Å². The number of aliphatic hydroxyl groups is 1. The second kappa shape index (κ2) is 8.55. The van der Waals surface area contributed by atoms with Crippen LogP contribution in [0.5, 0.6) is 0 Å². The van der Waals surface area contributed by atoms with Crippen molar-refractivity contribution in [1.29, 1.82) is 0 Å². The highest BCUT2D eigenvalue weighted by Gasteiger charge is 2.26. The number of rotatable bonds is 6. The molecule has 24 heavy (non-hydrogen) atoms. The number of hydrogen-bond donors (Lipinski definition) is 3. The van der Waals surface area contributed by atoms with Crippen molar-refractivity contribution in [3.63, 3.8) is 0 Å². The summed E-state index contributed by atoms with van der Waals surface area (Å²) in [5.41, 5.74) is -0.204. The Morgan fingerprint density at radius 3 is 2.79 bits per heavy atom. The highest BCUT2D eigenvalue weighted by Crippen LogP contribution is 2.22. The van der Waals surface area contributed by atoms with Crippen LogP contribution in [0.25, 0.3) is 0 Å². The third kappa shape index (κ3) is 5.26. The van der Waals surface area contributed by atoms with E-state index in [1.807, 2.05) is 25.1 Å². The minimum absolute atomic E-state index is 0.264. The second-order valence-electron chi connectivity index (χ2n) is 5.54. The Hall–Kier alpha value is -1.50. The summed E-state index contributed by atoms with van der Waals surface area (Å²) in [5, 5.41) is 17.4. The van der Waals surface area contributed by atoms with E-state index in [-0.39, 0.29) is 6.54 Å². The number of hydrogen-bond acceptors (Lipinski definition) is 3. The van der Waals surface area contributed by atoms with Gasteiger partial charge in [0.25, 0.3) is 0 Å². The summed E-state index contributed by atoms with van der Waals surface area (Å²) in [4.78, 5) is 4.51. The van der Waals surface area contributed by atoms with E-state index in [2.05, 4.69) is 31.6 Å². The molecule has 5 nitrogen and oxygen atoms in total. The second-order valence-corrected chi connectivity index (χ2v) is 6.86. The third-order valence-electron chi connectivity index (χ3n) is 3.42. The number of guanidine groups is 1. The summed E-state index contributed by atoms with van der Waals surface area (Å²) in [6, 6.07) is 9.19. The average molecular weight is 415 g/mol. The van der Waals surface area contributed by atoms with Gasteiger partial charge in [-0.1, -0.05) is 33.6 Å². The predicted octanol–water partition coefficient (Wildman–Crippen LogP) is 3.66. The number of nitrogens with one attached hydrogen (secondary N) is 2. The first-order valence-corrected chi connectivity index (χ1v) is 8.82. The maximum absolute atomic E-state index is 10.5. The molecular weight excluding hydrogens is 394 g/mol. The van der Waals surface area contributed by atoms with Gasteiger partial charge in [-0.15, -0.1) is 0 Å². The zero-order valence-electron chi connectivity index (χ0n) is 13.6. The molecular formula is C17H21BrClN3O2. The smallest absolute Gasteiger partial charge is 0.191 e. The van der Waals surface area contributed by atoms with Crippen molar-refractivity contribution in [3.05, 3.63) is 57.4 Å². The minimum Gasteiger partial charge on any atom is -0.466 e. The van der Waals surface area contributed by atoms with Crippen molar-refractivity contribution in [3.8, 4) is 0 Å². The molecule has 0 saturated heterocycles. The molecule has 0 radical (unpaired) electrons. The Bertz CT molecular complexity index is 687. The lowest BCUT2D eigenvalue weighted by molar-refractivity contribution is 0.0386. The van der Waals surface area contributed by atoms with Crippen LogP contribution in [0.1, 0.15) is 25.2 Å². The first-order chi connectivity index (χ1) is 11.4. The van der Waals surface area contributed by atoms with Gasteiger partial charge >= 0.3 is 0 Å². The van der Waals surface area contributed by atoms with Gasteiger partial charge in [0.05, 0.1) is 19.4 Å². The van der Waals surface area contributed by atoms with Crippen LogP contribution >= 0.6 is 27.5 Å². The van der Waals surface area contributed by atoms with Crippen LogP contribution in [-0.4, -0.2) is 24.2 Å². The lowest BCUT2D eigenvalue weighted by Crippen LogP contribution is -2.44. The molecule has 0 spiro atoms. The van der Waals surface area contributed by atoms with E-state index < -0.39 is 5.60 Å². The van der Waals surface area contributed by atoms with Crippen molar-refractivity contribution >= 4 is 33.5 Å². The van der Waals surface area contributed by atoms with E-state index >= 15 is 0 Å². The third-order valence-corrected chi connectivity index (χ3v) is 4.26. The van der Waals surface area contributed by atoms with Gasteiger partial charge in [-0.3, -0.25) is 0 Å². The summed E-state index contributed by atoms with van der Waals surface area (Å²) >= 11 is 9.60. The van der Waals surface area contributed by atoms with Gasteiger partial charge < -0.3 is 20.2 Å². The normalized spacial score (nSPS) is 14.3. The minimum atomic E-state index is -1.13. The van der Waals surface area contributed by atoms with Crippen molar-refractivity contribution in [1.82, 2.24) is 10.6 Å². The highest BCUT2D eigenvalue weighted by molar-refractivity contribution is 9.10. The molecule has 0 aliphatic carbocycles. The van der Waals surface area contributed by atoms with Gasteiger partial charge in [0, 0.05) is 16.0 Å². The van der Waals surface area contributed by atoms with Crippen LogP contribution in [0.2, 0.25) is 5.02 Å². The summed E-state index contributed by atoms with van der Waals surface area (Å²) < 4.78 is 6.20. The Morgan fingerprint density at radius 2 is 2.17 bits per heavy atom. The average Bonchev–Trinajstić information content (AvgIpc) is 3.07. The van der Waals surface area contributed by atoms with Crippen LogP contribution in [0.15, 0.2) is 50.5 Å². The molecule has 1 heterocycles. The van der Waals surface area contributed by atoms with Crippen LogP contribution in [0.3, 0.4) is 0 Å². The van der Waals surface area contributed by atoms with Gasteiger partial charge in [-0.05, 0) is 43.7 Å². The molecule has 1 atom stereocenters. The maximum Gasteiger partial charge on any atom is 0.191 e. The number of furan rings is 1. The maximum atomic E-state index is 10.5. The molecule has 0 fully saturated rings. The van der Waals surface area contributed by atoms with Crippen molar-refractivity contribution < 1.29 is 9.52 Å². The number of benzene rings is 1. The Morgan fingerprint density at radius 1 is 1.38 bits per heavy atom. The molecule has 3 N–H and O–H groups in total. The summed E-state index contributed by atoms with van der Waals surface area (Å²) in [6.07, 6.45) is 1.54. The molecule has 1 unspecified atom stereocenters. The van der Waals surface area contributed by atoms with E-state index in [1.54, 1.807) is 25.3 Å². The van der Waals surface area contributed by atoms with Gasteiger partial charge in [0.2, 0.25) is 0 Å². The Kier molecular flexibility index (Phi) is 6.71. The molecule has 7 heteroatoms. The SMILES string of the molecule is CCNC(=NCc1ccc(Br)cc1Cl)NCC(C)(O)c1ccco1. The van der Waals surface area contributed by atoms with Crippen molar-refractivity contribution in [2.24, 2.45) is 4.99 Å². The van der Waals surface area contributed by atoms with Gasteiger partial charge in [-0.25, -0.2) is 4.99 Å². The van der Waals surface area contributed by atoms with E-state index in [0.717, 1.165) is 10.0 Å². The summed E-state index contributed by atoms with van der Waals surface area (Å²) in [6.45, 7) is 5.08. The van der Waals surface area contributed by atoms with Gasteiger partial charge in [0.15, 0.2) is 5.96 Å². The standard InChI is InChI=1S/C17H21BrClN3O2/c1-3-20-16(21-10-12-6-7-13(18)9-14(12)19)22-11-17(2,23)15-5-4-8-24-15/h4-9,23H,3,10-11H2,1-2H3,(H2,20,21,22). The summed E-state index contributed by atoms with van der Waals surface area (Å²) in [5.74, 6) is 1.10. The first kappa shape index (κ1) is 18.8. The van der Waals surface area contributed by atoms with Gasteiger partial charge in [-0.2, -0.15) is 0 Å². The van der Waals surface area contributed by atoms with Crippen LogP contribution in [-0.2, 0) is 12.1 Å². The molecule has 0 amide bonds. The number of aliphatic imine (C=N–C) groups is 1. The molecule has 1 aromatic carbocycles. The van der Waals surface area contributed by atoms with E-state index in [9.17, 15) is 5.11 Å². The summed E-state index contributed by atoms with van der Waals surface area (Å²) in [7, 11) is 0. The van der Waals surface area contributed by atoms with E-state index in [1.165, 1.54) is 0 Å². The van der Waals surface area contributed by atoms with Crippen LogP contribution < -0.4 is 10.6 Å². The highest BCUT2D eigenvalue weighted by atomic mass is 79.9. The van der Waals surface area contributed by atoms with Crippen LogP contribution in [0.4, 0.5) is 0 Å². The molecule has 1 aromatic heterocycles. The molecule has 2 rings (SSSR count). The molecule has 0 aliphatic rings. The molecule has 130 valence electrons. The molecule has 0 bridgehead atoms. The molecule has 2 aromatic rings. The number of halogens is 2. The predicted molar refractivity (Wildman–Crippen MR) is 100 cm³/mol. The van der Waals surface area contributed by atoms with Crippen LogP contribution in [0, 0.1) is 0 Å². The van der Waals surface area contributed by atoms with Crippen molar-refractivity contribution in [2.45, 2.75) is 26.0 Å². The monoisotopic (exact) mass is 413 g/mol.